The van der Waals surface area contributed by atoms with Gasteiger partial charge in [0.25, 0.3) is 0 Å². The average molecular weight is 199 g/mol. The Bertz CT molecular complexity index is 326. The summed E-state index contributed by atoms with van der Waals surface area (Å²) in [6, 6.07) is 4.30. The second-order valence-electron chi connectivity index (χ2n) is 3.54. The number of benzene rings is 1. The van der Waals surface area contributed by atoms with Crippen molar-refractivity contribution in [2.75, 3.05) is 6.61 Å². The van der Waals surface area contributed by atoms with Crippen molar-refractivity contribution in [3.8, 4) is 0 Å². The maximum absolute atomic E-state index is 13.2. The summed E-state index contributed by atoms with van der Waals surface area (Å²) in [5, 5.41) is 17.7. The lowest BCUT2D eigenvalue weighted by molar-refractivity contribution is 0.209. The maximum Gasteiger partial charge on any atom is 0.129 e. The van der Waals surface area contributed by atoms with E-state index in [2.05, 4.69) is 0 Å². The van der Waals surface area contributed by atoms with Gasteiger partial charge in [-0.1, -0.05) is 12.1 Å². The van der Waals surface area contributed by atoms with Crippen molar-refractivity contribution in [2.45, 2.75) is 19.1 Å². The maximum atomic E-state index is 13.2. The second kappa shape index (κ2) is 4.04. The zero-order valence-electron chi connectivity index (χ0n) is 8.00. The van der Waals surface area contributed by atoms with Gasteiger partial charge in [0, 0.05) is 5.56 Å². The normalized spacial score (nSPS) is 15.2. The van der Waals surface area contributed by atoms with Crippen LogP contribution in [0.2, 0.25) is 0 Å². The molecule has 0 fully saturated rings. The molecule has 0 saturated carbocycles. The molecule has 0 aliphatic heterocycles. The lowest BCUT2D eigenvalue weighted by Crippen LogP contribution is -2.37. The van der Waals surface area contributed by atoms with E-state index in [1.54, 1.807) is 13.0 Å². The fourth-order valence-corrected chi connectivity index (χ4v) is 1.12. The molecule has 1 atom stereocenters. The van der Waals surface area contributed by atoms with Crippen LogP contribution in [0.4, 0.5) is 4.39 Å². The van der Waals surface area contributed by atoms with Crippen molar-refractivity contribution < 1.29 is 14.6 Å². The molecule has 0 radical (unpaired) electrons. The topological polar surface area (TPSA) is 66.5 Å². The van der Waals surface area contributed by atoms with Gasteiger partial charge < -0.3 is 15.9 Å². The van der Waals surface area contributed by atoms with Crippen LogP contribution < -0.4 is 5.73 Å². The van der Waals surface area contributed by atoms with E-state index >= 15 is 0 Å². The van der Waals surface area contributed by atoms with Crippen molar-refractivity contribution in [3.05, 3.63) is 35.1 Å². The highest BCUT2D eigenvalue weighted by Gasteiger charge is 2.20. The van der Waals surface area contributed by atoms with Crippen molar-refractivity contribution in [2.24, 2.45) is 5.73 Å². The summed E-state index contributed by atoms with van der Waals surface area (Å²) in [5.74, 6) is -0.505. The minimum Gasteiger partial charge on any atom is -0.394 e. The molecule has 0 heterocycles. The third kappa shape index (κ3) is 2.09. The third-order valence-electron chi connectivity index (χ3n) is 2.21. The van der Waals surface area contributed by atoms with E-state index in [0.29, 0.717) is 5.56 Å². The highest BCUT2D eigenvalue weighted by atomic mass is 19.1. The monoisotopic (exact) mass is 199 g/mol. The Morgan fingerprint density at radius 3 is 2.50 bits per heavy atom. The van der Waals surface area contributed by atoms with Crippen LogP contribution in [0.5, 0.6) is 0 Å². The SMILES string of the molecule is CC(N)(CO)c1ccc(CO)c(F)c1. The molecule has 4 N–H and O–H groups in total. The summed E-state index contributed by atoms with van der Waals surface area (Å²) in [4.78, 5) is 0. The number of aliphatic hydroxyl groups is 2. The molecule has 1 aromatic carbocycles. The fraction of sp³-hybridized carbons (Fsp3) is 0.400. The van der Waals surface area contributed by atoms with Crippen molar-refractivity contribution >= 4 is 0 Å². The van der Waals surface area contributed by atoms with Gasteiger partial charge >= 0.3 is 0 Å². The Kier molecular flexibility index (Phi) is 3.21. The molecule has 0 aliphatic rings. The third-order valence-corrected chi connectivity index (χ3v) is 2.21. The molecule has 4 heteroatoms. The first-order valence-corrected chi connectivity index (χ1v) is 4.31. The molecule has 78 valence electrons. The Balaban J connectivity index is 3.08. The van der Waals surface area contributed by atoms with Gasteiger partial charge in [-0.3, -0.25) is 0 Å². The first-order valence-electron chi connectivity index (χ1n) is 4.31. The minimum atomic E-state index is -0.950. The van der Waals surface area contributed by atoms with E-state index in [0.717, 1.165) is 0 Å². The van der Waals surface area contributed by atoms with Crippen LogP contribution in [0.1, 0.15) is 18.1 Å². The summed E-state index contributed by atoms with van der Waals surface area (Å²) in [6.07, 6.45) is 0. The summed E-state index contributed by atoms with van der Waals surface area (Å²) in [5.41, 5.74) is 5.50. The molecule has 0 spiro atoms. The average Bonchev–Trinajstić information content (AvgIpc) is 2.17. The Morgan fingerprint density at radius 2 is 2.07 bits per heavy atom. The zero-order chi connectivity index (χ0) is 10.8. The van der Waals surface area contributed by atoms with Crippen LogP contribution in [0, 0.1) is 5.82 Å². The van der Waals surface area contributed by atoms with Gasteiger partial charge in [-0.2, -0.15) is 0 Å². The second-order valence-corrected chi connectivity index (χ2v) is 3.54. The first-order chi connectivity index (χ1) is 6.51. The molecule has 1 aromatic rings. The molecule has 0 bridgehead atoms. The quantitative estimate of drug-likeness (QED) is 0.663. The molecule has 0 amide bonds. The van der Waals surface area contributed by atoms with E-state index in [1.807, 2.05) is 0 Å². The Hall–Kier alpha value is -0.970. The van der Waals surface area contributed by atoms with Crippen LogP contribution in [-0.2, 0) is 12.1 Å². The van der Waals surface area contributed by atoms with Gasteiger partial charge in [0.15, 0.2) is 0 Å². The molecular formula is C10H14FNO2. The molecule has 1 rings (SSSR count). The fourth-order valence-electron chi connectivity index (χ4n) is 1.12. The molecule has 0 aliphatic carbocycles. The summed E-state index contributed by atoms with van der Waals surface area (Å²) in [6.45, 7) is 1.01. The van der Waals surface area contributed by atoms with Crippen LogP contribution in [0.3, 0.4) is 0 Å². The number of hydrogen-bond donors (Lipinski definition) is 3. The lowest BCUT2D eigenvalue weighted by Gasteiger charge is -2.22. The van der Waals surface area contributed by atoms with E-state index in [9.17, 15) is 4.39 Å². The number of nitrogens with two attached hydrogens (primary N) is 1. The van der Waals surface area contributed by atoms with Crippen molar-refractivity contribution in [1.29, 1.82) is 0 Å². The van der Waals surface area contributed by atoms with Crippen LogP contribution in [0.25, 0.3) is 0 Å². The smallest absolute Gasteiger partial charge is 0.129 e. The molecule has 0 saturated heterocycles. The van der Waals surface area contributed by atoms with Crippen LogP contribution in [-0.4, -0.2) is 16.8 Å². The predicted molar refractivity (Wildman–Crippen MR) is 50.9 cm³/mol. The standard InChI is InChI=1S/C10H14FNO2/c1-10(12,6-14)8-3-2-7(5-13)9(11)4-8/h2-4,13-14H,5-6,12H2,1H3. The number of rotatable bonds is 3. The van der Waals surface area contributed by atoms with E-state index in [4.69, 9.17) is 15.9 Å². The van der Waals surface area contributed by atoms with E-state index in [-0.39, 0.29) is 18.8 Å². The highest BCUT2D eigenvalue weighted by molar-refractivity contribution is 5.29. The van der Waals surface area contributed by atoms with Crippen LogP contribution >= 0.6 is 0 Å². The molecule has 1 unspecified atom stereocenters. The molecule has 3 nitrogen and oxygen atoms in total. The first kappa shape index (κ1) is 11.1. The Morgan fingerprint density at radius 1 is 1.43 bits per heavy atom. The summed E-state index contributed by atoms with van der Waals surface area (Å²) < 4.78 is 13.2. The van der Waals surface area contributed by atoms with Gasteiger partial charge in [0.1, 0.15) is 5.82 Å². The predicted octanol–water partition coefficient (Wildman–Crippen LogP) is 0.484. The summed E-state index contributed by atoms with van der Waals surface area (Å²) in [7, 11) is 0. The summed E-state index contributed by atoms with van der Waals surface area (Å²) >= 11 is 0. The zero-order valence-corrected chi connectivity index (χ0v) is 8.00. The minimum absolute atomic E-state index is 0.225. The largest absolute Gasteiger partial charge is 0.394 e. The molecule has 14 heavy (non-hydrogen) atoms. The molecule has 0 aromatic heterocycles. The highest BCUT2D eigenvalue weighted by Crippen LogP contribution is 2.19. The van der Waals surface area contributed by atoms with Gasteiger partial charge in [-0.25, -0.2) is 4.39 Å². The number of halogens is 1. The van der Waals surface area contributed by atoms with E-state index < -0.39 is 11.4 Å². The van der Waals surface area contributed by atoms with Crippen LogP contribution in [0.15, 0.2) is 18.2 Å². The van der Waals surface area contributed by atoms with Gasteiger partial charge in [0.05, 0.1) is 18.8 Å². The number of hydrogen-bond acceptors (Lipinski definition) is 3. The van der Waals surface area contributed by atoms with Crippen molar-refractivity contribution in [3.63, 3.8) is 0 Å². The Labute approximate surface area is 82.0 Å². The molecular weight excluding hydrogens is 185 g/mol. The number of aliphatic hydroxyl groups excluding tert-OH is 2. The lowest BCUT2D eigenvalue weighted by atomic mass is 9.93. The van der Waals surface area contributed by atoms with E-state index in [1.165, 1.54) is 12.1 Å². The van der Waals surface area contributed by atoms with Gasteiger partial charge in [-0.15, -0.1) is 0 Å². The van der Waals surface area contributed by atoms with Gasteiger partial charge in [-0.05, 0) is 18.6 Å². The van der Waals surface area contributed by atoms with Gasteiger partial charge in [0.2, 0.25) is 0 Å². The van der Waals surface area contributed by atoms with Crippen molar-refractivity contribution in [1.82, 2.24) is 0 Å².